The van der Waals surface area contributed by atoms with Crippen LogP contribution in [-0.4, -0.2) is 40.9 Å². The molecule has 1 rings (SSSR count). The SMILES string of the molecule is C#CCN(CC(=O)O)C(=O)C=Cc1ccc(C(N)=O)cc1. The average Bonchev–Trinajstić information content (AvgIpc) is 2.44. The molecule has 3 N–H and O–H groups in total. The minimum atomic E-state index is -1.14. The highest BCUT2D eigenvalue weighted by Crippen LogP contribution is 2.06. The van der Waals surface area contributed by atoms with E-state index in [1.54, 1.807) is 12.1 Å². The molecule has 0 radical (unpaired) electrons. The first-order valence-electron chi connectivity index (χ1n) is 5.96. The van der Waals surface area contributed by atoms with Gasteiger partial charge in [-0.1, -0.05) is 18.1 Å². The third-order valence-corrected chi connectivity index (χ3v) is 2.53. The zero-order valence-electron chi connectivity index (χ0n) is 11.2. The molecule has 1 aromatic rings. The lowest BCUT2D eigenvalue weighted by Gasteiger charge is -2.15. The highest BCUT2D eigenvalue weighted by atomic mass is 16.4. The summed E-state index contributed by atoms with van der Waals surface area (Å²) in [4.78, 5) is 34.4. The molecule has 0 aliphatic rings. The van der Waals surface area contributed by atoms with Gasteiger partial charge in [-0.15, -0.1) is 6.42 Å². The Morgan fingerprint density at radius 2 is 1.90 bits per heavy atom. The fourth-order valence-electron chi connectivity index (χ4n) is 1.52. The second kappa shape index (κ2) is 7.50. The van der Waals surface area contributed by atoms with Gasteiger partial charge in [0.05, 0.1) is 6.54 Å². The van der Waals surface area contributed by atoms with Crippen molar-refractivity contribution < 1.29 is 19.5 Å². The predicted octanol–water partition coefficient (Wildman–Crippen LogP) is 0.345. The molecule has 6 nitrogen and oxygen atoms in total. The van der Waals surface area contributed by atoms with Crippen LogP contribution in [0.1, 0.15) is 15.9 Å². The Kier molecular flexibility index (Phi) is 5.71. The number of carbonyl (C=O) groups is 3. The molecular weight excluding hydrogens is 272 g/mol. The van der Waals surface area contributed by atoms with Crippen molar-refractivity contribution in [3.8, 4) is 12.3 Å². The van der Waals surface area contributed by atoms with Crippen LogP contribution in [0.15, 0.2) is 30.3 Å². The molecular formula is C15H14N2O4. The molecule has 0 bridgehead atoms. The van der Waals surface area contributed by atoms with Crippen molar-refractivity contribution in [1.29, 1.82) is 0 Å². The maximum Gasteiger partial charge on any atom is 0.323 e. The van der Waals surface area contributed by atoms with Gasteiger partial charge < -0.3 is 15.7 Å². The van der Waals surface area contributed by atoms with Crippen molar-refractivity contribution in [3.63, 3.8) is 0 Å². The van der Waals surface area contributed by atoms with Crippen LogP contribution >= 0.6 is 0 Å². The van der Waals surface area contributed by atoms with Crippen LogP contribution in [0.5, 0.6) is 0 Å². The summed E-state index contributed by atoms with van der Waals surface area (Å²) in [6.45, 7) is -0.552. The normalized spacial score (nSPS) is 10.0. The Morgan fingerprint density at radius 3 is 2.38 bits per heavy atom. The number of nitrogens with zero attached hydrogens (tertiary/aromatic N) is 1. The monoisotopic (exact) mass is 286 g/mol. The number of rotatable bonds is 6. The Labute approximate surface area is 121 Å². The minimum absolute atomic E-state index is 0.0872. The number of carboxylic acids is 1. The van der Waals surface area contributed by atoms with Crippen LogP contribution < -0.4 is 5.73 Å². The minimum Gasteiger partial charge on any atom is -0.480 e. The maximum atomic E-state index is 11.8. The molecule has 0 heterocycles. The molecule has 0 fully saturated rings. The van der Waals surface area contributed by atoms with E-state index in [0.717, 1.165) is 4.90 Å². The summed E-state index contributed by atoms with van der Waals surface area (Å²) in [5.74, 6) is 0.0439. The van der Waals surface area contributed by atoms with Gasteiger partial charge in [-0.3, -0.25) is 14.4 Å². The first kappa shape index (κ1) is 16.0. The topological polar surface area (TPSA) is 101 Å². The zero-order valence-corrected chi connectivity index (χ0v) is 11.2. The lowest BCUT2D eigenvalue weighted by atomic mass is 10.1. The van der Waals surface area contributed by atoms with Gasteiger partial charge in [-0.05, 0) is 23.8 Å². The molecule has 2 amide bonds. The van der Waals surface area contributed by atoms with Crippen molar-refractivity contribution in [2.75, 3.05) is 13.1 Å². The zero-order chi connectivity index (χ0) is 15.8. The summed E-state index contributed by atoms with van der Waals surface area (Å²) in [6, 6.07) is 6.30. The summed E-state index contributed by atoms with van der Waals surface area (Å²) < 4.78 is 0. The number of aliphatic carboxylic acids is 1. The second-order valence-electron chi connectivity index (χ2n) is 4.11. The van der Waals surface area contributed by atoms with E-state index in [1.807, 2.05) is 0 Å². The van der Waals surface area contributed by atoms with Gasteiger partial charge in [-0.25, -0.2) is 0 Å². The molecule has 0 saturated heterocycles. The Hall–Kier alpha value is -3.07. The van der Waals surface area contributed by atoms with E-state index in [4.69, 9.17) is 17.3 Å². The van der Waals surface area contributed by atoms with E-state index in [1.165, 1.54) is 24.3 Å². The molecule has 0 saturated carbocycles. The van der Waals surface area contributed by atoms with Crippen LogP contribution in [0.2, 0.25) is 0 Å². The van der Waals surface area contributed by atoms with Crippen LogP contribution in [0.4, 0.5) is 0 Å². The van der Waals surface area contributed by atoms with Gasteiger partial charge in [0.1, 0.15) is 6.54 Å². The van der Waals surface area contributed by atoms with E-state index in [9.17, 15) is 14.4 Å². The molecule has 108 valence electrons. The number of benzene rings is 1. The van der Waals surface area contributed by atoms with E-state index in [-0.39, 0.29) is 6.54 Å². The molecule has 0 aliphatic heterocycles. The fraction of sp³-hybridized carbons (Fsp3) is 0.133. The highest BCUT2D eigenvalue weighted by Gasteiger charge is 2.12. The quantitative estimate of drug-likeness (QED) is 0.582. The molecule has 0 spiro atoms. The largest absolute Gasteiger partial charge is 0.480 e. The number of carboxylic acid groups (broad SMARTS) is 1. The molecule has 0 aromatic heterocycles. The van der Waals surface area contributed by atoms with Crippen LogP contribution in [0.3, 0.4) is 0 Å². The number of hydrogen-bond acceptors (Lipinski definition) is 3. The third-order valence-electron chi connectivity index (χ3n) is 2.53. The summed E-state index contributed by atoms with van der Waals surface area (Å²) >= 11 is 0. The molecule has 0 unspecified atom stereocenters. The number of amides is 2. The Balaban J connectivity index is 2.77. The smallest absolute Gasteiger partial charge is 0.323 e. The Bertz CT molecular complexity index is 612. The lowest BCUT2D eigenvalue weighted by Crippen LogP contribution is -2.34. The summed E-state index contributed by atoms with van der Waals surface area (Å²) in [5.41, 5.74) is 6.14. The fourth-order valence-corrected chi connectivity index (χ4v) is 1.52. The number of hydrogen-bond donors (Lipinski definition) is 2. The summed E-state index contributed by atoms with van der Waals surface area (Å²) in [7, 11) is 0. The number of nitrogens with two attached hydrogens (primary N) is 1. The van der Waals surface area contributed by atoms with Crippen molar-refractivity contribution in [3.05, 3.63) is 41.5 Å². The predicted molar refractivity (Wildman–Crippen MR) is 77.0 cm³/mol. The second-order valence-corrected chi connectivity index (χ2v) is 4.11. The van der Waals surface area contributed by atoms with Gasteiger partial charge in [-0.2, -0.15) is 0 Å². The molecule has 21 heavy (non-hydrogen) atoms. The van der Waals surface area contributed by atoms with Crippen molar-refractivity contribution in [2.24, 2.45) is 5.73 Å². The third kappa shape index (κ3) is 5.20. The van der Waals surface area contributed by atoms with Gasteiger partial charge in [0.25, 0.3) is 0 Å². The van der Waals surface area contributed by atoms with Gasteiger partial charge in [0.15, 0.2) is 0 Å². The average molecular weight is 286 g/mol. The van der Waals surface area contributed by atoms with E-state index < -0.39 is 24.3 Å². The van der Waals surface area contributed by atoms with E-state index >= 15 is 0 Å². The first-order valence-corrected chi connectivity index (χ1v) is 5.96. The maximum absolute atomic E-state index is 11.8. The molecule has 1 aromatic carbocycles. The highest BCUT2D eigenvalue weighted by molar-refractivity contribution is 5.94. The number of primary amides is 1. The number of terminal acetylenes is 1. The van der Waals surface area contributed by atoms with Crippen molar-refractivity contribution in [2.45, 2.75) is 0 Å². The van der Waals surface area contributed by atoms with Crippen LogP contribution in [0, 0.1) is 12.3 Å². The molecule has 6 heteroatoms. The molecule has 0 aliphatic carbocycles. The first-order chi connectivity index (χ1) is 9.93. The van der Waals surface area contributed by atoms with Crippen molar-refractivity contribution in [1.82, 2.24) is 4.90 Å². The van der Waals surface area contributed by atoms with Crippen molar-refractivity contribution >= 4 is 23.9 Å². The number of carbonyl (C=O) groups excluding carboxylic acids is 2. The summed E-state index contributed by atoms with van der Waals surface area (Å²) in [5, 5.41) is 8.70. The standard InChI is InChI=1S/C15H14N2O4/c1-2-9-17(10-14(19)20)13(18)8-5-11-3-6-12(7-4-11)15(16)21/h1,3-8H,9-10H2,(H2,16,21)(H,19,20). The van der Waals surface area contributed by atoms with Crippen LogP contribution in [-0.2, 0) is 9.59 Å². The van der Waals surface area contributed by atoms with Gasteiger partial charge in [0.2, 0.25) is 11.8 Å². The molecule has 0 atom stereocenters. The van der Waals surface area contributed by atoms with Gasteiger partial charge in [0, 0.05) is 11.6 Å². The summed E-state index contributed by atoms with van der Waals surface area (Å²) in [6.07, 6.45) is 7.81. The van der Waals surface area contributed by atoms with E-state index in [0.29, 0.717) is 11.1 Å². The van der Waals surface area contributed by atoms with Crippen LogP contribution in [0.25, 0.3) is 6.08 Å². The Morgan fingerprint density at radius 1 is 1.29 bits per heavy atom. The van der Waals surface area contributed by atoms with E-state index in [2.05, 4.69) is 5.92 Å². The van der Waals surface area contributed by atoms with Gasteiger partial charge >= 0.3 is 5.97 Å². The lowest BCUT2D eigenvalue weighted by molar-refractivity contribution is -0.142.